The van der Waals surface area contributed by atoms with Gasteiger partial charge in [-0.2, -0.15) is 0 Å². The number of esters is 1. The molecule has 0 amide bonds. The van der Waals surface area contributed by atoms with Gasteiger partial charge < -0.3 is 10.1 Å². The van der Waals surface area contributed by atoms with Gasteiger partial charge >= 0.3 is 5.97 Å². The average Bonchev–Trinajstić information content (AvgIpc) is 2.69. The van der Waals surface area contributed by atoms with Crippen LogP contribution < -0.4 is 5.32 Å². The first-order valence-corrected chi connectivity index (χ1v) is 5.02. The highest BCUT2D eigenvalue weighted by Gasteiger charge is 2.27. The van der Waals surface area contributed by atoms with Crippen molar-refractivity contribution in [1.82, 2.24) is 5.32 Å². The molecule has 2 aliphatic heterocycles. The Balaban J connectivity index is 2.17. The van der Waals surface area contributed by atoms with Gasteiger partial charge in [0.2, 0.25) is 0 Å². The van der Waals surface area contributed by atoms with E-state index in [2.05, 4.69) is 5.32 Å². The molecule has 0 spiro atoms. The van der Waals surface area contributed by atoms with Gasteiger partial charge in [-0.05, 0) is 18.2 Å². The Hall–Kier alpha value is -2.29. The zero-order valence-electron chi connectivity index (χ0n) is 8.44. The maximum absolute atomic E-state index is 11.6. The van der Waals surface area contributed by atoms with Crippen molar-refractivity contribution in [1.29, 1.82) is 0 Å². The first kappa shape index (κ1) is 8.97. The topological polar surface area (TPSA) is 38.3 Å². The summed E-state index contributed by atoms with van der Waals surface area (Å²) in [5.41, 5.74) is 2.27. The van der Waals surface area contributed by atoms with E-state index in [4.69, 9.17) is 4.74 Å². The number of allylic oxidation sites excluding steroid dienone is 3. The largest absolute Gasteiger partial charge is 0.420 e. The summed E-state index contributed by atoms with van der Waals surface area (Å²) in [6.45, 7) is 0. The highest BCUT2D eigenvalue weighted by Crippen LogP contribution is 2.31. The van der Waals surface area contributed by atoms with E-state index < -0.39 is 0 Å². The second-order valence-corrected chi connectivity index (χ2v) is 3.54. The van der Waals surface area contributed by atoms with Crippen molar-refractivity contribution in [2.24, 2.45) is 0 Å². The second-order valence-electron chi connectivity index (χ2n) is 3.54. The molecule has 3 rings (SSSR count). The molecule has 2 heterocycles. The van der Waals surface area contributed by atoms with E-state index >= 15 is 0 Å². The Morgan fingerprint density at radius 3 is 2.62 bits per heavy atom. The highest BCUT2D eigenvalue weighted by molar-refractivity contribution is 6.03. The molecule has 0 unspecified atom stereocenters. The van der Waals surface area contributed by atoms with Crippen LogP contribution in [0, 0.1) is 0 Å². The molecule has 0 bridgehead atoms. The van der Waals surface area contributed by atoms with Crippen LogP contribution in [0.4, 0.5) is 0 Å². The molecule has 0 saturated carbocycles. The van der Waals surface area contributed by atoms with Crippen molar-refractivity contribution >= 4 is 11.7 Å². The second kappa shape index (κ2) is 3.38. The zero-order chi connectivity index (χ0) is 11.0. The number of carbonyl (C=O) groups excluding carboxylic acids is 1. The number of ether oxygens (including phenoxy) is 1. The maximum atomic E-state index is 11.6. The summed E-state index contributed by atoms with van der Waals surface area (Å²) in [5, 5.41) is 3.06. The minimum absolute atomic E-state index is 0.289. The molecule has 0 fully saturated rings. The molecule has 3 heteroatoms. The fourth-order valence-corrected chi connectivity index (χ4v) is 1.80. The molecule has 16 heavy (non-hydrogen) atoms. The molecule has 0 saturated heterocycles. The molecule has 1 N–H and O–H groups in total. The molecule has 0 aromatic heterocycles. The maximum Gasteiger partial charge on any atom is 0.344 e. The van der Waals surface area contributed by atoms with Gasteiger partial charge in [0.15, 0.2) is 5.76 Å². The van der Waals surface area contributed by atoms with Crippen molar-refractivity contribution in [3.63, 3.8) is 0 Å². The summed E-state index contributed by atoms with van der Waals surface area (Å²) in [6.07, 6.45) is 7.46. The minimum atomic E-state index is -0.289. The Bertz CT molecular complexity index is 553. The van der Waals surface area contributed by atoms with Crippen LogP contribution in [0.15, 0.2) is 54.4 Å². The van der Waals surface area contributed by atoms with Crippen LogP contribution in [0.2, 0.25) is 0 Å². The number of benzene rings is 1. The van der Waals surface area contributed by atoms with Crippen LogP contribution in [0.3, 0.4) is 0 Å². The van der Waals surface area contributed by atoms with Gasteiger partial charge in [-0.25, -0.2) is 4.79 Å². The van der Waals surface area contributed by atoms with Crippen LogP contribution in [-0.4, -0.2) is 5.97 Å². The van der Waals surface area contributed by atoms with Gasteiger partial charge in [0.05, 0.1) is 11.3 Å². The Morgan fingerprint density at radius 2 is 1.88 bits per heavy atom. The van der Waals surface area contributed by atoms with E-state index in [0.29, 0.717) is 11.3 Å². The monoisotopic (exact) mass is 211 g/mol. The lowest BCUT2D eigenvalue weighted by atomic mass is 10.1. The van der Waals surface area contributed by atoms with E-state index in [1.54, 1.807) is 12.3 Å². The summed E-state index contributed by atoms with van der Waals surface area (Å²) in [4.78, 5) is 11.6. The molecular weight excluding hydrogens is 202 g/mol. The van der Waals surface area contributed by atoms with Crippen molar-refractivity contribution in [3.8, 4) is 0 Å². The number of carbonyl (C=O) groups is 1. The van der Waals surface area contributed by atoms with E-state index in [1.807, 2.05) is 36.4 Å². The summed E-state index contributed by atoms with van der Waals surface area (Å²) in [5.74, 6) is 0.309. The fourth-order valence-electron chi connectivity index (χ4n) is 1.80. The molecule has 0 radical (unpaired) electrons. The summed E-state index contributed by atoms with van der Waals surface area (Å²) >= 11 is 0. The summed E-state index contributed by atoms with van der Waals surface area (Å²) in [6, 6.07) is 7.38. The van der Waals surface area contributed by atoms with Crippen LogP contribution in [-0.2, 0) is 4.74 Å². The number of nitrogens with one attached hydrogen (secondary N) is 1. The van der Waals surface area contributed by atoms with Gasteiger partial charge in [0, 0.05) is 11.8 Å². The highest BCUT2D eigenvalue weighted by atomic mass is 16.5. The third-order valence-electron chi connectivity index (χ3n) is 2.54. The standard InChI is InChI=1S/C13H9NO2/c15-13-10-6-2-1-5-9(10)12(16-13)11-7-3-4-8-14-11/h1-8,14H. The molecule has 0 aliphatic carbocycles. The van der Waals surface area contributed by atoms with Gasteiger partial charge in [0.1, 0.15) is 0 Å². The third kappa shape index (κ3) is 1.26. The van der Waals surface area contributed by atoms with Gasteiger partial charge in [-0.3, -0.25) is 0 Å². The number of rotatable bonds is 0. The van der Waals surface area contributed by atoms with Crippen LogP contribution in [0.5, 0.6) is 0 Å². The van der Waals surface area contributed by atoms with Gasteiger partial charge in [-0.1, -0.05) is 24.3 Å². The van der Waals surface area contributed by atoms with Crippen molar-refractivity contribution in [2.75, 3.05) is 0 Å². The van der Waals surface area contributed by atoms with E-state index in [-0.39, 0.29) is 5.97 Å². The van der Waals surface area contributed by atoms with E-state index in [1.165, 1.54) is 0 Å². The molecular formula is C13H9NO2. The SMILES string of the molecule is O=C1OC(=C2C=CC=CN2)c2ccccc21. The van der Waals surface area contributed by atoms with Gasteiger partial charge in [0.25, 0.3) is 0 Å². The molecule has 2 aliphatic rings. The fraction of sp³-hybridized carbons (Fsp3) is 0. The van der Waals surface area contributed by atoms with Crippen molar-refractivity contribution < 1.29 is 9.53 Å². The number of hydrogen-bond donors (Lipinski definition) is 1. The molecule has 1 aromatic rings. The summed E-state index contributed by atoms with van der Waals surface area (Å²) < 4.78 is 5.26. The van der Waals surface area contributed by atoms with E-state index in [9.17, 15) is 4.79 Å². The predicted molar refractivity (Wildman–Crippen MR) is 60.2 cm³/mol. The smallest absolute Gasteiger partial charge is 0.344 e. The molecule has 78 valence electrons. The van der Waals surface area contributed by atoms with Crippen molar-refractivity contribution in [3.05, 3.63) is 65.5 Å². The number of hydrogen-bond acceptors (Lipinski definition) is 3. The molecule has 0 atom stereocenters. The summed E-state index contributed by atoms with van der Waals surface area (Å²) in [7, 11) is 0. The minimum Gasteiger partial charge on any atom is -0.420 e. The lowest BCUT2D eigenvalue weighted by Crippen LogP contribution is -2.08. The van der Waals surface area contributed by atoms with Crippen LogP contribution in [0.1, 0.15) is 15.9 Å². The Morgan fingerprint density at radius 1 is 1.06 bits per heavy atom. The van der Waals surface area contributed by atoms with Crippen molar-refractivity contribution in [2.45, 2.75) is 0 Å². The third-order valence-corrected chi connectivity index (χ3v) is 2.54. The average molecular weight is 211 g/mol. The first-order chi connectivity index (χ1) is 7.86. The lowest BCUT2D eigenvalue weighted by Gasteiger charge is -2.08. The van der Waals surface area contributed by atoms with E-state index in [0.717, 1.165) is 11.3 Å². The Labute approximate surface area is 92.7 Å². The predicted octanol–water partition coefficient (Wildman–Crippen LogP) is 2.20. The molecule has 3 nitrogen and oxygen atoms in total. The van der Waals surface area contributed by atoms with Crippen LogP contribution >= 0.6 is 0 Å². The number of fused-ring (bicyclic) bond motifs is 1. The number of cyclic esters (lactones) is 1. The molecule has 1 aromatic carbocycles. The zero-order valence-corrected chi connectivity index (χ0v) is 8.44. The van der Waals surface area contributed by atoms with Crippen LogP contribution in [0.25, 0.3) is 5.76 Å². The quantitative estimate of drug-likeness (QED) is 0.668. The first-order valence-electron chi connectivity index (χ1n) is 5.02. The Kier molecular flexibility index (Phi) is 1.90. The van der Waals surface area contributed by atoms with Gasteiger partial charge in [-0.15, -0.1) is 0 Å². The lowest BCUT2D eigenvalue weighted by molar-refractivity contribution is 0.0714. The normalized spacial score (nSPS) is 21.6. The number of dihydropyridines is 1.